The predicted molar refractivity (Wildman–Crippen MR) is 160 cm³/mol. The van der Waals surface area contributed by atoms with Crippen LogP contribution in [0.5, 0.6) is 0 Å². The van der Waals surface area contributed by atoms with E-state index in [2.05, 4.69) is 34.6 Å². The summed E-state index contributed by atoms with van der Waals surface area (Å²) in [6.07, 6.45) is 8.58. The molecule has 2 aromatic carbocycles. The van der Waals surface area contributed by atoms with Crippen LogP contribution < -0.4 is 5.32 Å². The minimum atomic E-state index is -0.401. The molecule has 1 aromatic heterocycles. The molecule has 0 bridgehead atoms. The number of aliphatic hydroxyl groups is 1. The van der Waals surface area contributed by atoms with E-state index >= 15 is 0 Å². The number of nitrogens with one attached hydrogen (secondary N) is 1. The molecule has 7 heteroatoms. The van der Waals surface area contributed by atoms with Crippen molar-refractivity contribution in [2.24, 2.45) is 5.92 Å². The van der Waals surface area contributed by atoms with E-state index in [4.69, 9.17) is 0 Å². The Hall–Kier alpha value is -3.71. The highest BCUT2D eigenvalue weighted by Crippen LogP contribution is 2.39. The largest absolute Gasteiger partial charge is 0.394 e. The zero-order chi connectivity index (χ0) is 28.6. The van der Waals surface area contributed by atoms with Crippen LogP contribution in [0.25, 0.3) is 0 Å². The zero-order valence-electron chi connectivity index (χ0n) is 24.0. The SMILES string of the molecule is CN(CCc1ccccn1)C(=O)N(Cc1ccc(C2CCCCC2C(=O)NC(CO)c2ccccc2)cc1)C1CC1. The van der Waals surface area contributed by atoms with Crippen molar-refractivity contribution in [1.82, 2.24) is 20.1 Å². The van der Waals surface area contributed by atoms with Crippen molar-refractivity contribution in [3.05, 3.63) is 101 Å². The van der Waals surface area contributed by atoms with Gasteiger partial charge in [-0.2, -0.15) is 0 Å². The lowest BCUT2D eigenvalue weighted by atomic mass is 9.74. The van der Waals surface area contributed by atoms with E-state index in [1.54, 1.807) is 6.20 Å². The molecule has 2 fully saturated rings. The Morgan fingerprint density at radius 1 is 0.951 bits per heavy atom. The van der Waals surface area contributed by atoms with Crippen LogP contribution in [0.4, 0.5) is 4.79 Å². The van der Waals surface area contributed by atoms with Gasteiger partial charge >= 0.3 is 6.03 Å². The topological polar surface area (TPSA) is 85.8 Å². The van der Waals surface area contributed by atoms with Gasteiger partial charge in [0.15, 0.2) is 0 Å². The van der Waals surface area contributed by atoms with Gasteiger partial charge in [0.25, 0.3) is 0 Å². The van der Waals surface area contributed by atoms with Gasteiger partial charge in [-0.3, -0.25) is 9.78 Å². The number of urea groups is 1. The van der Waals surface area contributed by atoms with Crippen LogP contribution in [-0.4, -0.2) is 58.1 Å². The number of pyridine rings is 1. The molecular weight excluding hydrogens is 512 g/mol. The van der Waals surface area contributed by atoms with Gasteiger partial charge < -0.3 is 20.2 Å². The maximum absolute atomic E-state index is 13.4. The lowest BCUT2D eigenvalue weighted by Gasteiger charge is -2.32. The predicted octanol–water partition coefficient (Wildman–Crippen LogP) is 5.46. The summed E-state index contributed by atoms with van der Waals surface area (Å²) in [7, 11) is 1.87. The molecule has 2 N–H and O–H groups in total. The Labute approximate surface area is 243 Å². The van der Waals surface area contributed by atoms with Crippen LogP contribution in [0, 0.1) is 5.92 Å². The van der Waals surface area contributed by atoms with Crippen molar-refractivity contribution in [3.8, 4) is 0 Å². The Bertz CT molecular complexity index is 1260. The highest BCUT2D eigenvalue weighted by atomic mass is 16.3. The van der Waals surface area contributed by atoms with E-state index in [1.807, 2.05) is 65.4 Å². The number of benzene rings is 2. The first-order chi connectivity index (χ1) is 20.0. The Morgan fingerprint density at radius 3 is 2.37 bits per heavy atom. The summed E-state index contributed by atoms with van der Waals surface area (Å²) in [5.41, 5.74) is 4.18. The van der Waals surface area contributed by atoms with Gasteiger partial charge in [-0.15, -0.1) is 0 Å². The first-order valence-corrected chi connectivity index (χ1v) is 15.0. The van der Waals surface area contributed by atoms with Gasteiger partial charge in [-0.05, 0) is 60.4 Å². The highest BCUT2D eigenvalue weighted by Gasteiger charge is 2.35. The molecule has 0 saturated heterocycles. The molecule has 0 aliphatic heterocycles. The molecule has 5 rings (SSSR count). The first-order valence-electron chi connectivity index (χ1n) is 15.0. The molecule has 3 unspecified atom stereocenters. The van der Waals surface area contributed by atoms with E-state index < -0.39 is 6.04 Å². The maximum atomic E-state index is 13.4. The average Bonchev–Trinajstić information content (AvgIpc) is 3.88. The van der Waals surface area contributed by atoms with Crippen LogP contribution in [0.15, 0.2) is 79.0 Å². The lowest BCUT2D eigenvalue weighted by molar-refractivity contribution is -0.127. The number of hydrogen-bond acceptors (Lipinski definition) is 4. The third kappa shape index (κ3) is 7.53. The second-order valence-electron chi connectivity index (χ2n) is 11.5. The highest BCUT2D eigenvalue weighted by molar-refractivity contribution is 5.80. The van der Waals surface area contributed by atoms with E-state index in [0.717, 1.165) is 61.8 Å². The van der Waals surface area contributed by atoms with Crippen molar-refractivity contribution in [2.75, 3.05) is 20.2 Å². The summed E-state index contributed by atoms with van der Waals surface area (Å²) >= 11 is 0. The number of likely N-dealkylation sites (N-methyl/N-ethyl adjacent to an activating group) is 1. The van der Waals surface area contributed by atoms with Crippen molar-refractivity contribution in [3.63, 3.8) is 0 Å². The number of carbonyl (C=O) groups excluding carboxylic acids is 2. The Kier molecular flexibility index (Phi) is 9.67. The molecule has 216 valence electrons. The molecule has 3 aromatic rings. The van der Waals surface area contributed by atoms with Gasteiger partial charge in [0, 0.05) is 50.4 Å². The summed E-state index contributed by atoms with van der Waals surface area (Å²) in [5, 5.41) is 13.1. The van der Waals surface area contributed by atoms with Crippen LogP contribution in [0.3, 0.4) is 0 Å². The third-order valence-corrected chi connectivity index (χ3v) is 8.55. The molecule has 2 aliphatic rings. The molecule has 7 nitrogen and oxygen atoms in total. The smallest absolute Gasteiger partial charge is 0.320 e. The fraction of sp³-hybridized carbons (Fsp3) is 0.441. The number of carbonyl (C=O) groups is 2. The minimum Gasteiger partial charge on any atom is -0.394 e. The van der Waals surface area contributed by atoms with Crippen LogP contribution in [0.1, 0.15) is 72.9 Å². The summed E-state index contributed by atoms with van der Waals surface area (Å²) in [6, 6.07) is 24.0. The summed E-state index contributed by atoms with van der Waals surface area (Å²) < 4.78 is 0. The van der Waals surface area contributed by atoms with Gasteiger partial charge in [0.2, 0.25) is 5.91 Å². The van der Waals surface area contributed by atoms with E-state index in [0.29, 0.717) is 19.1 Å². The molecule has 3 atom stereocenters. The van der Waals surface area contributed by atoms with Crippen molar-refractivity contribution in [2.45, 2.75) is 69.5 Å². The molecule has 0 radical (unpaired) electrons. The Balaban J connectivity index is 1.21. The number of aliphatic hydroxyl groups excluding tert-OH is 1. The number of amides is 3. The van der Waals surface area contributed by atoms with Crippen molar-refractivity contribution < 1.29 is 14.7 Å². The quantitative estimate of drug-likeness (QED) is 0.329. The summed E-state index contributed by atoms with van der Waals surface area (Å²) in [5.74, 6) is 0.0393. The summed E-state index contributed by atoms with van der Waals surface area (Å²) in [4.78, 5) is 35.0. The van der Waals surface area contributed by atoms with Gasteiger partial charge in [0.1, 0.15) is 0 Å². The summed E-state index contributed by atoms with van der Waals surface area (Å²) in [6.45, 7) is 1.09. The number of nitrogens with zero attached hydrogens (tertiary/aromatic N) is 3. The molecular formula is C34H42N4O3. The monoisotopic (exact) mass is 554 g/mol. The Morgan fingerprint density at radius 2 is 1.68 bits per heavy atom. The first kappa shape index (κ1) is 28.8. The van der Waals surface area contributed by atoms with Gasteiger partial charge in [-0.1, -0.05) is 73.5 Å². The van der Waals surface area contributed by atoms with Crippen molar-refractivity contribution >= 4 is 11.9 Å². The van der Waals surface area contributed by atoms with Crippen molar-refractivity contribution in [1.29, 1.82) is 0 Å². The van der Waals surface area contributed by atoms with Crippen LogP contribution >= 0.6 is 0 Å². The minimum absolute atomic E-state index is 0.0147. The molecule has 0 spiro atoms. The van der Waals surface area contributed by atoms with Crippen LogP contribution in [-0.2, 0) is 17.8 Å². The molecule has 2 aliphatic carbocycles. The number of hydrogen-bond donors (Lipinski definition) is 2. The third-order valence-electron chi connectivity index (χ3n) is 8.55. The normalized spacial score (nSPS) is 19.3. The lowest BCUT2D eigenvalue weighted by Crippen LogP contribution is -2.42. The number of rotatable bonds is 11. The fourth-order valence-corrected chi connectivity index (χ4v) is 5.99. The molecule has 1 heterocycles. The number of aromatic nitrogens is 1. The fourth-order valence-electron chi connectivity index (χ4n) is 5.99. The second-order valence-corrected chi connectivity index (χ2v) is 11.5. The zero-order valence-corrected chi connectivity index (χ0v) is 24.0. The van der Waals surface area contributed by atoms with Crippen LogP contribution in [0.2, 0.25) is 0 Å². The maximum Gasteiger partial charge on any atom is 0.320 e. The second kappa shape index (κ2) is 13.8. The molecule has 2 saturated carbocycles. The van der Waals surface area contributed by atoms with E-state index in [1.165, 1.54) is 5.56 Å². The van der Waals surface area contributed by atoms with E-state index in [9.17, 15) is 14.7 Å². The molecule has 3 amide bonds. The standard InChI is InChI=1S/C34H42N4O3/c1-37(22-20-28-11-7-8-21-35-28)34(41)38(29-18-19-29)23-25-14-16-26(17-15-25)30-12-5-6-13-31(30)33(40)36-32(24-39)27-9-3-2-4-10-27/h2-4,7-11,14-17,21,29-32,39H,5-6,12-13,18-20,22-24H2,1H3,(H,36,40). The van der Waals surface area contributed by atoms with Gasteiger partial charge in [-0.25, -0.2) is 4.79 Å². The molecule has 41 heavy (non-hydrogen) atoms. The average molecular weight is 555 g/mol. The van der Waals surface area contributed by atoms with Gasteiger partial charge in [0.05, 0.1) is 12.6 Å². The van der Waals surface area contributed by atoms with E-state index in [-0.39, 0.29) is 30.4 Å².